The van der Waals surface area contributed by atoms with E-state index < -0.39 is 18.1 Å². The van der Waals surface area contributed by atoms with Gasteiger partial charge in [0, 0.05) is 19.6 Å². The molecule has 2 unspecified atom stereocenters. The Bertz CT molecular complexity index is 1100. The number of nitrogens with two attached hydrogens (primary N) is 2. The highest BCUT2D eigenvalue weighted by atomic mass is 16.4. The maximum atomic E-state index is 13.9. The van der Waals surface area contributed by atoms with Crippen LogP contribution in [0, 0.1) is 0 Å². The molecule has 35 heavy (non-hydrogen) atoms. The van der Waals surface area contributed by atoms with Crippen molar-refractivity contribution in [1.82, 2.24) is 4.90 Å². The van der Waals surface area contributed by atoms with Crippen molar-refractivity contribution in [2.75, 3.05) is 18.5 Å². The summed E-state index contributed by atoms with van der Waals surface area (Å²) in [6, 6.07) is 13.0. The number of rotatable bonds is 10. The van der Waals surface area contributed by atoms with Crippen LogP contribution in [-0.4, -0.2) is 53.4 Å². The highest BCUT2D eigenvalue weighted by molar-refractivity contribution is 6.11. The Hall–Kier alpha value is -3.88. The molecule has 2 aromatic carbocycles. The number of carboxylic acids is 1. The fraction of sp³-hybridized carbons (Fsp3) is 0.385. The molecule has 5 N–H and O–H groups in total. The molecule has 0 aliphatic carbocycles. The molecule has 0 spiro atoms. The number of guanidine groups is 1. The van der Waals surface area contributed by atoms with E-state index in [0.29, 0.717) is 23.4 Å². The Morgan fingerprint density at radius 1 is 1.09 bits per heavy atom. The van der Waals surface area contributed by atoms with Crippen LogP contribution in [0.25, 0.3) is 0 Å². The van der Waals surface area contributed by atoms with E-state index in [0.717, 1.165) is 31.2 Å². The van der Waals surface area contributed by atoms with Crippen molar-refractivity contribution < 1.29 is 19.5 Å². The number of likely N-dealkylation sites (N-methyl/N-ethyl adjacent to an activating group) is 1. The van der Waals surface area contributed by atoms with Crippen molar-refractivity contribution in [3.05, 3.63) is 65.2 Å². The average molecular weight is 480 g/mol. The Balaban J connectivity index is 1.92. The van der Waals surface area contributed by atoms with Gasteiger partial charge >= 0.3 is 5.97 Å². The first-order chi connectivity index (χ1) is 16.7. The molecule has 2 amide bonds. The molecule has 9 heteroatoms. The van der Waals surface area contributed by atoms with Crippen LogP contribution in [0.15, 0.2) is 53.5 Å². The summed E-state index contributed by atoms with van der Waals surface area (Å²) in [5.41, 5.74) is 13.2. The van der Waals surface area contributed by atoms with Crippen molar-refractivity contribution in [3.63, 3.8) is 0 Å². The number of aryl methyl sites for hydroxylation is 1. The number of benzene rings is 2. The number of carbonyl (C=O) groups is 3. The first-order valence-electron chi connectivity index (χ1n) is 11.8. The largest absolute Gasteiger partial charge is 0.481 e. The zero-order valence-electron chi connectivity index (χ0n) is 20.2. The molecule has 2 aromatic rings. The fourth-order valence-electron chi connectivity index (χ4n) is 4.45. The minimum Gasteiger partial charge on any atom is -0.481 e. The van der Waals surface area contributed by atoms with Crippen molar-refractivity contribution in [1.29, 1.82) is 0 Å². The van der Waals surface area contributed by atoms with E-state index in [1.165, 1.54) is 9.80 Å². The van der Waals surface area contributed by atoms with E-state index in [1.54, 1.807) is 44.3 Å². The standard InChI is InChI=1S/C26H33N5O4/c1-17(15-22(32)33)31-23(19-10-6-3-7-11-19)25(35)30(2)21-13-12-18(16-20(21)24(31)34)9-5-4-8-14-29-26(27)28/h3,6-7,10-13,16-17,23H,4-5,8-9,14-15H2,1-2H3,(H,32,33)(H4,27,28,29). The number of amides is 2. The third-order valence-electron chi connectivity index (χ3n) is 6.21. The van der Waals surface area contributed by atoms with E-state index in [9.17, 15) is 19.5 Å². The zero-order chi connectivity index (χ0) is 25.5. The van der Waals surface area contributed by atoms with Crippen LogP contribution in [0.1, 0.15) is 60.1 Å². The van der Waals surface area contributed by atoms with Gasteiger partial charge in [0.25, 0.3) is 11.8 Å². The average Bonchev–Trinajstić information content (AvgIpc) is 2.90. The molecule has 9 nitrogen and oxygen atoms in total. The second-order valence-corrected chi connectivity index (χ2v) is 8.84. The van der Waals surface area contributed by atoms with E-state index in [2.05, 4.69) is 4.99 Å². The van der Waals surface area contributed by atoms with Gasteiger partial charge in [0.15, 0.2) is 5.96 Å². The van der Waals surface area contributed by atoms with Gasteiger partial charge in [-0.25, -0.2) is 0 Å². The SMILES string of the molecule is CC(CC(=O)O)N1C(=O)c2cc(CCCCCN=C(N)N)ccc2N(C)C(=O)C1c1ccccc1. The maximum Gasteiger partial charge on any atom is 0.305 e. The molecule has 0 saturated carbocycles. The van der Waals surface area contributed by atoms with E-state index >= 15 is 0 Å². The number of hydrogen-bond donors (Lipinski definition) is 3. The van der Waals surface area contributed by atoms with Crippen LogP contribution >= 0.6 is 0 Å². The zero-order valence-corrected chi connectivity index (χ0v) is 20.2. The summed E-state index contributed by atoms with van der Waals surface area (Å²) in [7, 11) is 1.65. The van der Waals surface area contributed by atoms with E-state index in [-0.39, 0.29) is 24.2 Å². The predicted octanol–water partition coefficient (Wildman–Crippen LogP) is 2.70. The maximum absolute atomic E-state index is 13.9. The highest BCUT2D eigenvalue weighted by Gasteiger charge is 2.41. The molecule has 0 aromatic heterocycles. The van der Waals surface area contributed by atoms with Crippen molar-refractivity contribution in [2.24, 2.45) is 16.5 Å². The lowest BCUT2D eigenvalue weighted by Crippen LogP contribution is -2.46. The number of fused-ring (bicyclic) bond motifs is 1. The number of aliphatic imine (C=N–C) groups is 1. The first kappa shape index (κ1) is 25.7. The van der Waals surface area contributed by atoms with E-state index in [4.69, 9.17) is 11.5 Å². The van der Waals surface area contributed by atoms with Gasteiger partial charge in [-0.15, -0.1) is 0 Å². The molecule has 0 bridgehead atoms. The number of carboxylic acid groups (broad SMARTS) is 1. The van der Waals surface area contributed by atoms with Crippen LogP contribution < -0.4 is 16.4 Å². The summed E-state index contributed by atoms with van der Waals surface area (Å²) < 4.78 is 0. The van der Waals surface area contributed by atoms with Crippen molar-refractivity contribution in [3.8, 4) is 0 Å². The molecule has 3 rings (SSSR count). The first-order valence-corrected chi connectivity index (χ1v) is 11.8. The van der Waals surface area contributed by atoms with Gasteiger partial charge in [-0.1, -0.05) is 42.8 Å². The predicted molar refractivity (Wildman–Crippen MR) is 135 cm³/mol. The quantitative estimate of drug-likeness (QED) is 0.272. The number of carbonyl (C=O) groups excluding carboxylic acids is 2. The number of anilines is 1. The molecule has 2 atom stereocenters. The topological polar surface area (TPSA) is 142 Å². The van der Waals surface area contributed by atoms with Gasteiger partial charge in [0.1, 0.15) is 6.04 Å². The lowest BCUT2D eigenvalue weighted by molar-refractivity contribution is -0.139. The number of hydrogen-bond acceptors (Lipinski definition) is 4. The Labute approximate surface area is 205 Å². The lowest BCUT2D eigenvalue weighted by atomic mass is 10.00. The number of unbranched alkanes of at least 4 members (excludes halogenated alkanes) is 2. The summed E-state index contributed by atoms with van der Waals surface area (Å²) in [4.78, 5) is 45.9. The van der Waals surface area contributed by atoms with Gasteiger partial charge < -0.3 is 26.4 Å². The Kier molecular flexibility index (Phi) is 8.46. The number of nitrogens with zero attached hydrogens (tertiary/aromatic N) is 3. The molecule has 186 valence electrons. The van der Waals surface area contributed by atoms with Gasteiger partial charge in [0.05, 0.1) is 17.7 Å². The van der Waals surface area contributed by atoms with Crippen molar-refractivity contribution in [2.45, 2.75) is 51.1 Å². The van der Waals surface area contributed by atoms with Gasteiger partial charge in [0.2, 0.25) is 0 Å². The summed E-state index contributed by atoms with van der Waals surface area (Å²) in [6.45, 7) is 2.25. The number of aliphatic carboxylic acids is 1. The Morgan fingerprint density at radius 2 is 1.80 bits per heavy atom. The van der Waals surface area contributed by atoms with Crippen molar-refractivity contribution >= 4 is 29.4 Å². The van der Waals surface area contributed by atoms with Gasteiger partial charge in [-0.05, 0) is 49.4 Å². The summed E-state index contributed by atoms with van der Waals surface area (Å²) in [5.74, 6) is -1.58. The summed E-state index contributed by atoms with van der Waals surface area (Å²) in [5, 5.41) is 9.42. The molecule has 1 aliphatic rings. The monoisotopic (exact) mass is 479 g/mol. The minimum absolute atomic E-state index is 0.0865. The summed E-state index contributed by atoms with van der Waals surface area (Å²) >= 11 is 0. The lowest BCUT2D eigenvalue weighted by Gasteiger charge is -2.34. The normalized spacial score (nSPS) is 16.5. The third-order valence-corrected chi connectivity index (χ3v) is 6.21. The molecular weight excluding hydrogens is 446 g/mol. The molecule has 1 aliphatic heterocycles. The molecule has 0 fully saturated rings. The summed E-state index contributed by atoms with van der Waals surface area (Å²) in [6.07, 6.45) is 3.17. The second kappa shape index (κ2) is 11.5. The van der Waals surface area contributed by atoms with Crippen LogP contribution in [0.4, 0.5) is 5.69 Å². The minimum atomic E-state index is -1.03. The Morgan fingerprint density at radius 3 is 2.46 bits per heavy atom. The fourth-order valence-corrected chi connectivity index (χ4v) is 4.45. The van der Waals surface area contributed by atoms with E-state index in [1.807, 2.05) is 18.2 Å². The van der Waals surface area contributed by atoms with Crippen LogP contribution in [0.5, 0.6) is 0 Å². The second-order valence-electron chi connectivity index (χ2n) is 8.84. The van der Waals surface area contributed by atoms with Crippen LogP contribution in [0.2, 0.25) is 0 Å². The highest BCUT2D eigenvalue weighted by Crippen LogP contribution is 2.36. The van der Waals surface area contributed by atoms with Crippen LogP contribution in [-0.2, 0) is 16.0 Å². The molecule has 1 heterocycles. The van der Waals surface area contributed by atoms with Crippen LogP contribution in [0.3, 0.4) is 0 Å². The molecule has 0 radical (unpaired) electrons. The molecular formula is C26H33N5O4. The van der Waals surface area contributed by atoms with Gasteiger partial charge in [-0.3, -0.25) is 19.4 Å². The molecule has 0 saturated heterocycles. The third kappa shape index (κ3) is 6.17. The smallest absolute Gasteiger partial charge is 0.305 e. The van der Waals surface area contributed by atoms with Gasteiger partial charge in [-0.2, -0.15) is 0 Å².